The Morgan fingerprint density at radius 3 is 1.37 bits per heavy atom. The maximum Gasteiger partial charge on any atom is 4.00 e. The van der Waals surface area contributed by atoms with Gasteiger partial charge in [0.2, 0.25) is 0 Å². The minimum Gasteiger partial charge on any atom is -1.00 e. The second-order valence-corrected chi connectivity index (χ2v) is 8.92. The molecule has 0 N–H and O–H groups in total. The van der Waals surface area contributed by atoms with E-state index in [4.69, 9.17) is 0 Å². The molecule has 0 amide bonds. The molecule has 0 atom stereocenters. The zero-order valence-corrected chi connectivity index (χ0v) is 22.7. The third-order valence-corrected chi connectivity index (χ3v) is 5.12. The molecule has 0 aromatic heterocycles. The van der Waals surface area contributed by atoms with Crippen molar-refractivity contribution in [2.45, 2.75) is 59.8 Å². The molecule has 0 spiro atoms. The number of hydrogen-bond acceptors (Lipinski definition) is 0. The van der Waals surface area contributed by atoms with Gasteiger partial charge in [0, 0.05) is 0 Å². The van der Waals surface area contributed by atoms with Gasteiger partial charge in [-0.2, -0.15) is 11.6 Å². The maximum absolute atomic E-state index is 2.36. The third-order valence-electron chi connectivity index (χ3n) is 5.12. The minimum atomic E-state index is 0. The molecular weight excluding hydrogens is 467 g/mol. The molecule has 3 aromatic carbocycles. The van der Waals surface area contributed by atoms with Crippen molar-refractivity contribution in [2.24, 2.45) is 0 Å². The summed E-state index contributed by atoms with van der Waals surface area (Å²) in [5.41, 5.74) is 11.1. The first-order valence-corrected chi connectivity index (χ1v) is 9.57. The second-order valence-electron chi connectivity index (χ2n) is 8.92. The van der Waals surface area contributed by atoms with Gasteiger partial charge >= 0.3 is 21.7 Å². The van der Waals surface area contributed by atoms with Crippen molar-refractivity contribution in [1.29, 1.82) is 0 Å². The molecule has 4 heteroatoms. The Kier molecular flexibility index (Phi) is 13.1. The van der Waals surface area contributed by atoms with Crippen molar-refractivity contribution in [1.82, 2.24) is 0 Å². The summed E-state index contributed by atoms with van der Waals surface area (Å²) in [6.45, 7) is 15.7. The first-order valence-electron chi connectivity index (χ1n) is 9.57. The monoisotopic (exact) mass is 496 g/mol. The standard InChI is InChI=1S/C26H31.3ClH.Ti/c1-17-11-18(2)14-21(13-17)25(22-15-19(3)12-20(4)16-22)23-9-8-10-24(23)26(5,6)7;;;;/h8-16,25H,1-7H3;3*1H;/q-1;;;;+4/p-3. The Morgan fingerprint density at radius 2 is 1.03 bits per heavy atom. The molecule has 160 valence electrons. The van der Waals surface area contributed by atoms with E-state index in [1.54, 1.807) is 0 Å². The Bertz CT molecular complexity index is 844. The van der Waals surface area contributed by atoms with E-state index < -0.39 is 0 Å². The van der Waals surface area contributed by atoms with Gasteiger partial charge in [-0.3, -0.25) is 0 Å². The van der Waals surface area contributed by atoms with Crippen LogP contribution >= 0.6 is 0 Å². The smallest absolute Gasteiger partial charge is 1.00 e. The van der Waals surface area contributed by atoms with E-state index in [0.717, 1.165) is 0 Å². The summed E-state index contributed by atoms with van der Waals surface area (Å²) in [6.07, 6.45) is 0. The molecule has 0 bridgehead atoms. The molecule has 3 aromatic rings. The first kappa shape index (κ1) is 31.6. The molecule has 0 fully saturated rings. The molecule has 0 aliphatic heterocycles. The molecule has 0 aliphatic carbocycles. The van der Waals surface area contributed by atoms with Crippen LogP contribution in [-0.2, 0) is 27.1 Å². The van der Waals surface area contributed by atoms with Crippen LogP contribution in [0.15, 0.2) is 54.6 Å². The Labute approximate surface area is 216 Å². The predicted octanol–water partition coefficient (Wildman–Crippen LogP) is -1.87. The summed E-state index contributed by atoms with van der Waals surface area (Å²) < 4.78 is 0. The molecule has 0 saturated heterocycles. The van der Waals surface area contributed by atoms with E-state index in [-0.39, 0.29) is 70.3 Å². The fraction of sp³-hybridized carbons (Fsp3) is 0.346. The van der Waals surface area contributed by atoms with Crippen molar-refractivity contribution in [3.05, 3.63) is 99.1 Å². The molecule has 30 heavy (non-hydrogen) atoms. The zero-order chi connectivity index (χ0) is 19.1. The van der Waals surface area contributed by atoms with Gasteiger partial charge in [-0.05, 0) is 50.2 Å². The second kappa shape index (κ2) is 12.4. The molecule has 0 unspecified atom stereocenters. The Hall–Kier alpha value is -0.626. The average Bonchev–Trinajstić information content (AvgIpc) is 2.94. The van der Waals surface area contributed by atoms with Crippen LogP contribution in [0.4, 0.5) is 0 Å². The van der Waals surface area contributed by atoms with Gasteiger partial charge in [0.15, 0.2) is 0 Å². The summed E-state index contributed by atoms with van der Waals surface area (Å²) in [7, 11) is 0. The molecule has 0 aliphatic rings. The SMILES string of the molecule is Cc1cc(C)cc(C(c2cc(C)cc(C)c2)[c-]2cccc2C(C)(C)C)c1.[Cl-].[Cl-].[Cl-].[Ti+4]. The quantitative estimate of drug-likeness (QED) is 0.294. The van der Waals surface area contributed by atoms with E-state index in [2.05, 4.69) is 103 Å². The van der Waals surface area contributed by atoms with E-state index in [1.165, 1.54) is 44.5 Å². The van der Waals surface area contributed by atoms with E-state index in [0.29, 0.717) is 0 Å². The zero-order valence-electron chi connectivity index (χ0n) is 18.9. The van der Waals surface area contributed by atoms with Gasteiger partial charge in [0.05, 0.1) is 0 Å². The van der Waals surface area contributed by atoms with E-state index >= 15 is 0 Å². The minimum absolute atomic E-state index is 0. The fourth-order valence-electron chi connectivity index (χ4n) is 4.27. The molecule has 3 rings (SSSR count). The van der Waals surface area contributed by atoms with Crippen LogP contribution in [0.3, 0.4) is 0 Å². The fourth-order valence-corrected chi connectivity index (χ4v) is 4.27. The van der Waals surface area contributed by atoms with Crippen molar-refractivity contribution in [3.63, 3.8) is 0 Å². The first-order chi connectivity index (χ1) is 12.1. The van der Waals surface area contributed by atoms with Crippen LogP contribution in [0, 0.1) is 27.7 Å². The van der Waals surface area contributed by atoms with Gasteiger partial charge in [-0.25, -0.2) is 12.1 Å². The molecule has 0 saturated carbocycles. The van der Waals surface area contributed by atoms with Crippen molar-refractivity contribution in [3.8, 4) is 0 Å². The molecular formula is C26H31Cl3Ti. The van der Waals surface area contributed by atoms with Crippen LogP contribution in [0.25, 0.3) is 0 Å². The predicted molar refractivity (Wildman–Crippen MR) is 114 cm³/mol. The summed E-state index contributed by atoms with van der Waals surface area (Å²) in [5, 5.41) is 0. The van der Waals surface area contributed by atoms with E-state index in [1.807, 2.05) is 0 Å². The summed E-state index contributed by atoms with van der Waals surface area (Å²) >= 11 is 0. The number of hydrogen-bond donors (Lipinski definition) is 0. The third kappa shape index (κ3) is 7.21. The van der Waals surface area contributed by atoms with Gasteiger partial charge in [0.1, 0.15) is 0 Å². The number of aryl methyl sites for hydroxylation is 4. The van der Waals surface area contributed by atoms with Crippen molar-refractivity contribution >= 4 is 0 Å². The average molecular weight is 498 g/mol. The number of rotatable bonds is 3. The van der Waals surface area contributed by atoms with E-state index in [9.17, 15) is 0 Å². The summed E-state index contributed by atoms with van der Waals surface area (Å²) in [6, 6.07) is 20.8. The van der Waals surface area contributed by atoms with Gasteiger partial charge in [-0.1, -0.05) is 79.4 Å². The van der Waals surface area contributed by atoms with Gasteiger partial charge < -0.3 is 37.2 Å². The topological polar surface area (TPSA) is 0 Å². The number of benzene rings is 2. The van der Waals surface area contributed by atoms with Crippen LogP contribution in [0.2, 0.25) is 0 Å². The van der Waals surface area contributed by atoms with Gasteiger partial charge in [0.25, 0.3) is 0 Å². The number of halogens is 3. The normalized spacial score (nSPS) is 10.4. The van der Waals surface area contributed by atoms with Crippen LogP contribution in [0.5, 0.6) is 0 Å². The van der Waals surface area contributed by atoms with Crippen molar-refractivity contribution < 1.29 is 58.9 Å². The molecule has 0 nitrogen and oxygen atoms in total. The van der Waals surface area contributed by atoms with Crippen LogP contribution in [-0.4, -0.2) is 0 Å². The summed E-state index contributed by atoms with van der Waals surface area (Å²) in [5.74, 6) is 0.274. The Balaban J connectivity index is 0. The molecule has 0 radical (unpaired) electrons. The summed E-state index contributed by atoms with van der Waals surface area (Å²) in [4.78, 5) is 0. The van der Waals surface area contributed by atoms with Crippen LogP contribution in [0.1, 0.15) is 71.2 Å². The van der Waals surface area contributed by atoms with Crippen LogP contribution < -0.4 is 37.2 Å². The largest absolute Gasteiger partial charge is 4.00 e. The van der Waals surface area contributed by atoms with Crippen molar-refractivity contribution in [2.75, 3.05) is 0 Å². The maximum atomic E-state index is 2.36. The molecule has 0 heterocycles. The van der Waals surface area contributed by atoms with Gasteiger partial charge in [-0.15, -0.1) is 5.56 Å². The Morgan fingerprint density at radius 1 is 0.667 bits per heavy atom.